The van der Waals surface area contributed by atoms with Gasteiger partial charge in [-0.2, -0.15) is 0 Å². The van der Waals surface area contributed by atoms with Crippen molar-refractivity contribution < 1.29 is 14.3 Å². The largest absolute Gasteiger partial charge is 0.494 e. The van der Waals surface area contributed by atoms with E-state index in [2.05, 4.69) is 5.32 Å². The molecule has 0 aliphatic rings. The van der Waals surface area contributed by atoms with Crippen molar-refractivity contribution >= 4 is 5.91 Å². The van der Waals surface area contributed by atoms with E-state index in [-0.39, 0.29) is 18.4 Å². The van der Waals surface area contributed by atoms with Crippen LogP contribution in [0.5, 0.6) is 5.75 Å². The van der Waals surface area contributed by atoms with Crippen LogP contribution in [-0.2, 0) is 16.1 Å². The average molecular weight is 266 g/mol. The molecule has 3 N–H and O–H groups in total. The Morgan fingerprint density at radius 1 is 1.47 bits per heavy atom. The lowest BCUT2D eigenvalue weighted by atomic mass is 10.2. The highest BCUT2D eigenvalue weighted by atomic mass is 16.5. The molecule has 1 aromatic rings. The molecule has 0 aromatic heterocycles. The molecule has 19 heavy (non-hydrogen) atoms. The van der Waals surface area contributed by atoms with Gasteiger partial charge in [0.25, 0.3) is 0 Å². The van der Waals surface area contributed by atoms with Gasteiger partial charge >= 0.3 is 0 Å². The maximum Gasteiger partial charge on any atom is 0.222 e. The van der Waals surface area contributed by atoms with E-state index in [0.29, 0.717) is 19.7 Å². The summed E-state index contributed by atoms with van der Waals surface area (Å²) in [6.07, 6.45) is 0.0489. The van der Waals surface area contributed by atoms with Gasteiger partial charge in [0.05, 0.1) is 19.1 Å². The molecule has 0 saturated carbocycles. The summed E-state index contributed by atoms with van der Waals surface area (Å²) in [5.74, 6) is 0.741. The molecule has 0 aliphatic carbocycles. The number of carbonyl (C=O) groups excluding carboxylic acids is 1. The maximum absolute atomic E-state index is 11.7. The first-order valence-corrected chi connectivity index (χ1v) is 6.40. The first-order chi connectivity index (χ1) is 9.19. The molecule has 1 atom stereocenters. The Bertz CT molecular complexity index is 392. The predicted octanol–water partition coefficient (Wildman–Crippen LogP) is 1.07. The van der Waals surface area contributed by atoms with E-state index < -0.39 is 0 Å². The summed E-state index contributed by atoms with van der Waals surface area (Å²) < 4.78 is 10.5. The Hall–Kier alpha value is -1.59. The first kappa shape index (κ1) is 15.5. The topological polar surface area (TPSA) is 73.6 Å². The number of methoxy groups -OCH3 is 1. The molecule has 0 saturated heterocycles. The highest BCUT2D eigenvalue weighted by molar-refractivity contribution is 5.76. The molecule has 0 fully saturated rings. The number of benzene rings is 1. The Balaban J connectivity index is 2.43. The van der Waals surface area contributed by atoms with Gasteiger partial charge in [0.15, 0.2) is 0 Å². The second kappa shape index (κ2) is 8.50. The van der Waals surface area contributed by atoms with E-state index in [1.165, 1.54) is 0 Å². The smallest absolute Gasteiger partial charge is 0.222 e. The van der Waals surface area contributed by atoms with Gasteiger partial charge in [-0.3, -0.25) is 4.79 Å². The van der Waals surface area contributed by atoms with Crippen LogP contribution < -0.4 is 15.8 Å². The van der Waals surface area contributed by atoms with Crippen LogP contribution in [0.25, 0.3) is 0 Å². The number of nitrogens with one attached hydrogen (secondary N) is 1. The molecular weight excluding hydrogens is 244 g/mol. The maximum atomic E-state index is 11.7. The van der Waals surface area contributed by atoms with E-state index in [1.807, 2.05) is 31.2 Å². The second-order valence-electron chi connectivity index (χ2n) is 4.15. The van der Waals surface area contributed by atoms with Crippen molar-refractivity contribution in [3.8, 4) is 5.75 Å². The Kier molecular flexibility index (Phi) is 6.92. The van der Waals surface area contributed by atoms with Crippen LogP contribution >= 0.6 is 0 Å². The fourth-order valence-corrected chi connectivity index (χ4v) is 1.65. The molecule has 0 bridgehead atoms. The number of rotatable bonds is 8. The number of nitrogens with two attached hydrogens (primary N) is 1. The van der Waals surface area contributed by atoms with Crippen molar-refractivity contribution in [3.05, 3.63) is 29.8 Å². The van der Waals surface area contributed by atoms with Crippen LogP contribution in [0.2, 0.25) is 0 Å². The number of ether oxygens (including phenoxy) is 2. The van der Waals surface area contributed by atoms with E-state index >= 15 is 0 Å². The van der Waals surface area contributed by atoms with Crippen molar-refractivity contribution in [2.24, 2.45) is 5.73 Å². The molecule has 1 unspecified atom stereocenters. The monoisotopic (exact) mass is 266 g/mol. The lowest BCUT2D eigenvalue weighted by molar-refractivity contribution is -0.123. The van der Waals surface area contributed by atoms with Gasteiger partial charge in [0, 0.05) is 20.2 Å². The van der Waals surface area contributed by atoms with Gasteiger partial charge in [-0.05, 0) is 24.6 Å². The normalized spacial score (nSPS) is 11.9. The molecular formula is C14H22N2O3. The highest BCUT2D eigenvalue weighted by Crippen LogP contribution is 2.13. The van der Waals surface area contributed by atoms with Crippen LogP contribution in [0, 0.1) is 0 Å². The summed E-state index contributed by atoms with van der Waals surface area (Å²) >= 11 is 0. The quantitative estimate of drug-likeness (QED) is 0.738. The molecule has 1 rings (SSSR count). The lowest BCUT2D eigenvalue weighted by Crippen LogP contribution is -2.31. The van der Waals surface area contributed by atoms with Crippen molar-refractivity contribution in [2.75, 3.05) is 20.3 Å². The number of amides is 1. The van der Waals surface area contributed by atoms with E-state index in [4.69, 9.17) is 15.2 Å². The van der Waals surface area contributed by atoms with E-state index in [9.17, 15) is 4.79 Å². The Labute approximate surface area is 114 Å². The van der Waals surface area contributed by atoms with Crippen LogP contribution in [0.15, 0.2) is 24.3 Å². The number of hydrogen-bond donors (Lipinski definition) is 2. The van der Waals surface area contributed by atoms with Crippen molar-refractivity contribution in [2.45, 2.75) is 26.0 Å². The highest BCUT2D eigenvalue weighted by Gasteiger charge is 2.10. The molecule has 1 amide bonds. The van der Waals surface area contributed by atoms with Crippen LogP contribution in [0.1, 0.15) is 18.9 Å². The molecule has 1 aromatic carbocycles. The third-order valence-electron chi connectivity index (χ3n) is 2.71. The molecule has 0 radical (unpaired) electrons. The molecule has 0 aliphatic heterocycles. The van der Waals surface area contributed by atoms with E-state index in [0.717, 1.165) is 11.3 Å². The fourth-order valence-electron chi connectivity index (χ4n) is 1.65. The Morgan fingerprint density at radius 3 is 2.89 bits per heavy atom. The molecule has 0 spiro atoms. The van der Waals surface area contributed by atoms with Gasteiger partial charge in [-0.15, -0.1) is 0 Å². The molecule has 5 heteroatoms. The zero-order valence-electron chi connectivity index (χ0n) is 11.5. The number of carbonyl (C=O) groups is 1. The zero-order chi connectivity index (χ0) is 14.1. The third-order valence-corrected chi connectivity index (χ3v) is 2.71. The summed E-state index contributed by atoms with van der Waals surface area (Å²) in [5.41, 5.74) is 6.47. The minimum atomic E-state index is -0.227. The summed E-state index contributed by atoms with van der Waals surface area (Å²) in [6.45, 7) is 3.37. The van der Waals surface area contributed by atoms with Crippen LogP contribution in [-0.4, -0.2) is 32.3 Å². The molecule has 5 nitrogen and oxygen atoms in total. The first-order valence-electron chi connectivity index (χ1n) is 6.40. The standard InChI is InChI=1S/C14H22N2O3/c1-3-19-12-6-4-5-11(7-12)10-16-14(17)8-13(9-15)18-2/h4-7,13H,3,8-10,15H2,1-2H3,(H,16,17). The summed E-state index contributed by atoms with van der Waals surface area (Å²) in [4.78, 5) is 11.7. The van der Waals surface area contributed by atoms with Gasteiger partial charge < -0.3 is 20.5 Å². The minimum absolute atomic E-state index is 0.0703. The SMILES string of the molecule is CCOc1cccc(CNC(=O)CC(CN)OC)c1. The molecule has 0 heterocycles. The van der Waals surface area contributed by atoms with Crippen molar-refractivity contribution in [1.82, 2.24) is 5.32 Å². The zero-order valence-corrected chi connectivity index (χ0v) is 11.5. The van der Waals surface area contributed by atoms with Crippen LogP contribution in [0.3, 0.4) is 0 Å². The average Bonchev–Trinajstić information content (AvgIpc) is 2.43. The van der Waals surface area contributed by atoms with Gasteiger partial charge in [-0.25, -0.2) is 0 Å². The van der Waals surface area contributed by atoms with Gasteiger partial charge in [0.1, 0.15) is 5.75 Å². The second-order valence-corrected chi connectivity index (χ2v) is 4.15. The fraction of sp³-hybridized carbons (Fsp3) is 0.500. The van der Waals surface area contributed by atoms with Crippen LogP contribution in [0.4, 0.5) is 0 Å². The van der Waals surface area contributed by atoms with Gasteiger partial charge in [-0.1, -0.05) is 12.1 Å². The Morgan fingerprint density at radius 2 is 2.26 bits per heavy atom. The minimum Gasteiger partial charge on any atom is -0.494 e. The number of hydrogen-bond acceptors (Lipinski definition) is 4. The van der Waals surface area contributed by atoms with Crippen molar-refractivity contribution in [1.29, 1.82) is 0 Å². The summed E-state index contributed by atoms with van der Waals surface area (Å²) in [6, 6.07) is 7.66. The summed E-state index contributed by atoms with van der Waals surface area (Å²) in [7, 11) is 1.55. The third kappa shape index (κ3) is 5.72. The van der Waals surface area contributed by atoms with Crippen molar-refractivity contribution in [3.63, 3.8) is 0 Å². The lowest BCUT2D eigenvalue weighted by Gasteiger charge is -2.13. The summed E-state index contributed by atoms with van der Waals surface area (Å²) in [5, 5.41) is 2.84. The van der Waals surface area contributed by atoms with Gasteiger partial charge in [0.2, 0.25) is 5.91 Å². The predicted molar refractivity (Wildman–Crippen MR) is 73.9 cm³/mol. The van der Waals surface area contributed by atoms with E-state index in [1.54, 1.807) is 7.11 Å². The molecule has 106 valence electrons.